The maximum Gasteiger partial charge on any atom is 0.264 e. The number of hydrogen-bond acceptors (Lipinski definition) is 4. The number of amides is 1. The second kappa shape index (κ2) is 10.7. The molecule has 3 aromatic rings. The number of aryl methyl sites for hydroxylation is 1. The summed E-state index contributed by atoms with van der Waals surface area (Å²) in [5, 5.41) is 3.17. The Kier molecular flexibility index (Phi) is 8.00. The first-order chi connectivity index (χ1) is 15.7. The number of carbonyl (C=O) groups is 1. The third-order valence-corrected chi connectivity index (χ3v) is 7.29. The number of nitrogens with one attached hydrogen (secondary N) is 1. The third kappa shape index (κ3) is 6.06. The summed E-state index contributed by atoms with van der Waals surface area (Å²) >= 11 is 6.16. The van der Waals surface area contributed by atoms with Crippen LogP contribution >= 0.6 is 11.6 Å². The van der Waals surface area contributed by atoms with Gasteiger partial charge in [0.1, 0.15) is 12.3 Å². The zero-order valence-electron chi connectivity index (χ0n) is 18.8. The standard InChI is InChI=1S/C25H27ClN2O4S/c1-18-9-12-22(13-10-18)33(30,31)28(23-15-21(26)11-14-24(23)32-3)17-25(29)27-16-19(2)20-7-5-4-6-8-20/h4-15,19H,16-17H2,1-3H3,(H,27,29)/t19-/m1/s1. The van der Waals surface area contributed by atoms with Gasteiger partial charge < -0.3 is 10.1 Å². The quantitative estimate of drug-likeness (QED) is 0.472. The van der Waals surface area contributed by atoms with Crippen LogP contribution in [-0.2, 0) is 14.8 Å². The fourth-order valence-electron chi connectivity index (χ4n) is 3.35. The molecular weight excluding hydrogens is 460 g/mol. The van der Waals surface area contributed by atoms with Gasteiger partial charge in [0.25, 0.3) is 10.0 Å². The number of carbonyl (C=O) groups excluding carboxylic acids is 1. The zero-order valence-corrected chi connectivity index (χ0v) is 20.4. The number of benzene rings is 3. The Hall–Kier alpha value is -3.03. The van der Waals surface area contributed by atoms with Crippen LogP contribution < -0.4 is 14.4 Å². The lowest BCUT2D eigenvalue weighted by molar-refractivity contribution is -0.119. The summed E-state index contributed by atoms with van der Waals surface area (Å²) in [5.41, 5.74) is 2.20. The molecule has 6 nitrogen and oxygen atoms in total. The minimum absolute atomic E-state index is 0.0676. The molecule has 0 aliphatic carbocycles. The molecule has 0 radical (unpaired) electrons. The van der Waals surface area contributed by atoms with Crippen molar-refractivity contribution in [2.45, 2.75) is 24.7 Å². The van der Waals surface area contributed by atoms with E-state index in [2.05, 4.69) is 5.32 Å². The van der Waals surface area contributed by atoms with E-state index in [-0.39, 0.29) is 16.5 Å². The molecule has 0 unspecified atom stereocenters. The number of methoxy groups -OCH3 is 1. The van der Waals surface area contributed by atoms with Gasteiger partial charge in [-0.1, -0.05) is 66.6 Å². The van der Waals surface area contributed by atoms with Crippen molar-refractivity contribution >= 4 is 33.2 Å². The molecule has 0 aliphatic rings. The van der Waals surface area contributed by atoms with Gasteiger partial charge in [0, 0.05) is 11.6 Å². The van der Waals surface area contributed by atoms with Crippen molar-refractivity contribution in [2.24, 2.45) is 0 Å². The SMILES string of the molecule is COc1ccc(Cl)cc1N(CC(=O)NC[C@@H](C)c1ccccc1)S(=O)(=O)c1ccc(C)cc1. The Balaban J connectivity index is 1.90. The van der Waals surface area contributed by atoms with Gasteiger partial charge in [-0.15, -0.1) is 0 Å². The van der Waals surface area contributed by atoms with E-state index >= 15 is 0 Å². The summed E-state index contributed by atoms with van der Waals surface area (Å²) in [6, 6.07) is 20.9. The molecule has 8 heteroatoms. The molecule has 3 rings (SSSR count). The maximum absolute atomic E-state index is 13.6. The Morgan fingerprint density at radius 1 is 1.06 bits per heavy atom. The predicted octanol–water partition coefficient (Wildman–Crippen LogP) is 4.77. The fourth-order valence-corrected chi connectivity index (χ4v) is 4.94. The molecule has 3 aromatic carbocycles. The van der Waals surface area contributed by atoms with Crippen molar-refractivity contribution in [2.75, 3.05) is 24.5 Å². The van der Waals surface area contributed by atoms with Crippen molar-refractivity contribution < 1.29 is 17.9 Å². The zero-order chi connectivity index (χ0) is 24.0. The van der Waals surface area contributed by atoms with Gasteiger partial charge in [0.05, 0.1) is 17.7 Å². The molecular formula is C25H27ClN2O4S. The van der Waals surface area contributed by atoms with E-state index < -0.39 is 22.5 Å². The van der Waals surface area contributed by atoms with E-state index in [1.165, 1.54) is 25.3 Å². The second-order valence-corrected chi connectivity index (χ2v) is 10.1. The summed E-state index contributed by atoms with van der Waals surface area (Å²) in [4.78, 5) is 13.0. The first-order valence-corrected chi connectivity index (χ1v) is 12.3. The first kappa shape index (κ1) is 24.6. The van der Waals surface area contributed by atoms with Gasteiger partial charge in [-0.3, -0.25) is 9.10 Å². The normalized spacial score (nSPS) is 12.1. The van der Waals surface area contributed by atoms with E-state index in [0.717, 1.165) is 15.4 Å². The third-order valence-electron chi connectivity index (χ3n) is 5.28. The van der Waals surface area contributed by atoms with Crippen molar-refractivity contribution in [1.82, 2.24) is 5.32 Å². The number of anilines is 1. The number of nitrogens with zero attached hydrogens (tertiary/aromatic N) is 1. The summed E-state index contributed by atoms with van der Waals surface area (Å²) in [5.74, 6) is -0.0750. The van der Waals surface area contributed by atoms with Crippen molar-refractivity contribution in [3.8, 4) is 5.75 Å². The van der Waals surface area contributed by atoms with Crippen LogP contribution in [0.1, 0.15) is 24.0 Å². The molecule has 174 valence electrons. The molecule has 0 saturated heterocycles. The monoisotopic (exact) mass is 486 g/mol. The summed E-state index contributed by atoms with van der Waals surface area (Å²) in [6.07, 6.45) is 0. The van der Waals surface area contributed by atoms with Gasteiger partial charge >= 0.3 is 0 Å². The van der Waals surface area contributed by atoms with E-state index in [1.807, 2.05) is 44.2 Å². The Morgan fingerprint density at radius 2 is 1.73 bits per heavy atom. The molecule has 0 aliphatic heterocycles. The molecule has 1 N–H and O–H groups in total. The number of sulfonamides is 1. The smallest absolute Gasteiger partial charge is 0.264 e. The fraction of sp³-hybridized carbons (Fsp3) is 0.240. The van der Waals surface area contributed by atoms with Crippen LogP contribution in [0, 0.1) is 6.92 Å². The highest BCUT2D eigenvalue weighted by Gasteiger charge is 2.29. The van der Waals surface area contributed by atoms with E-state index in [1.54, 1.807) is 24.3 Å². The van der Waals surface area contributed by atoms with Gasteiger partial charge in [0.15, 0.2) is 0 Å². The molecule has 0 saturated carbocycles. The summed E-state index contributed by atoms with van der Waals surface area (Å²) in [7, 11) is -2.64. The minimum atomic E-state index is -4.07. The average Bonchev–Trinajstić information content (AvgIpc) is 2.81. The number of ether oxygens (including phenoxy) is 1. The van der Waals surface area contributed by atoms with Crippen LogP contribution in [0.4, 0.5) is 5.69 Å². The molecule has 0 aromatic heterocycles. The summed E-state index contributed by atoms with van der Waals surface area (Å²) < 4.78 is 33.5. The lowest BCUT2D eigenvalue weighted by atomic mass is 10.0. The Bertz CT molecular complexity index is 1200. The highest BCUT2D eigenvalue weighted by molar-refractivity contribution is 7.92. The highest BCUT2D eigenvalue weighted by atomic mass is 35.5. The number of halogens is 1. The molecule has 0 fully saturated rings. The molecule has 1 amide bonds. The second-order valence-electron chi connectivity index (χ2n) is 7.76. The van der Waals surface area contributed by atoms with Gasteiger partial charge in [-0.25, -0.2) is 8.42 Å². The van der Waals surface area contributed by atoms with Gasteiger partial charge in [0.2, 0.25) is 5.91 Å². The van der Waals surface area contributed by atoms with Crippen molar-refractivity contribution in [3.63, 3.8) is 0 Å². The topological polar surface area (TPSA) is 75.7 Å². The lowest BCUT2D eigenvalue weighted by Gasteiger charge is -2.26. The van der Waals surface area contributed by atoms with Crippen molar-refractivity contribution in [3.05, 3.63) is 88.9 Å². The maximum atomic E-state index is 13.6. The van der Waals surface area contributed by atoms with Crippen LogP contribution in [-0.4, -0.2) is 34.5 Å². The highest BCUT2D eigenvalue weighted by Crippen LogP contribution is 2.34. The number of hydrogen-bond donors (Lipinski definition) is 1. The van der Waals surface area contributed by atoms with E-state index in [9.17, 15) is 13.2 Å². The lowest BCUT2D eigenvalue weighted by Crippen LogP contribution is -2.42. The van der Waals surface area contributed by atoms with E-state index in [0.29, 0.717) is 17.3 Å². The largest absolute Gasteiger partial charge is 0.495 e. The molecule has 0 bridgehead atoms. The van der Waals surface area contributed by atoms with Gasteiger partial charge in [-0.05, 0) is 48.7 Å². The molecule has 1 atom stereocenters. The van der Waals surface area contributed by atoms with E-state index in [4.69, 9.17) is 16.3 Å². The minimum Gasteiger partial charge on any atom is -0.495 e. The van der Waals surface area contributed by atoms with Crippen LogP contribution in [0.5, 0.6) is 5.75 Å². The Labute approximate surface area is 200 Å². The van der Waals surface area contributed by atoms with Crippen molar-refractivity contribution in [1.29, 1.82) is 0 Å². The van der Waals surface area contributed by atoms with Crippen LogP contribution in [0.25, 0.3) is 0 Å². The van der Waals surface area contributed by atoms with Crippen LogP contribution in [0.3, 0.4) is 0 Å². The van der Waals surface area contributed by atoms with Gasteiger partial charge in [-0.2, -0.15) is 0 Å². The Morgan fingerprint density at radius 3 is 2.36 bits per heavy atom. The average molecular weight is 487 g/mol. The summed E-state index contributed by atoms with van der Waals surface area (Å²) in [6.45, 7) is 3.81. The van der Waals surface area contributed by atoms with Crippen LogP contribution in [0.15, 0.2) is 77.7 Å². The first-order valence-electron chi connectivity index (χ1n) is 10.5. The molecule has 33 heavy (non-hydrogen) atoms. The molecule has 0 spiro atoms. The number of rotatable bonds is 9. The van der Waals surface area contributed by atoms with Crippen LogP contribution in [0.2, 0.25) is 5.02 Å². The molecule has 0 heterocycles. The predicted molar refractivity (Wildman–Crippen MR) is 132 cm³/mol.